The van der Waals surface area contributed by atoms with Crippen molar-refractivity contribution >= 4 is 28.5 Å². The molecule has 5 nitrogen and oxygen atoms in total. The van der Waals surface area contributed by atoms with Gasteiger partial charge in [0.1, 0.15) is 11.3 Å². The summed E-state index contributed by atoms with van der Waals surface area (Å²) < 4.78 is 10.7. The van der Waals surface area contributed by atoms with E-state index >= 15 is 0 Å². The Labute approximate surface area is 158 Å². The van der Waals surface area contributed by atoms with Crippen LogP contribution in [0.3, 0.4) is 0 Å². The number of carbonyl (C=O) groups excluding carboxylic acids is 1. The smallest absolute Gasteiger partial charge is 0.345 e. The highest BCUT2D eigenvalue weighted by Gasteiger charge is 2.12. The van der Waals surface area contributed by atoms with Crippen molar-refractivity contribution in [3.63, 3.8) is 0 Å². The van der Waals surface area contributed by atoms with Crippen molar-refractivity contribution in [1.29, 1.82) is 0 Å². The van der Waals surface area contributed by atoms with Crippen molar-refractivity contribution in [2.75, 3.05) is 0 Å². The predicted octanol–water partition coefficient (Wildman–Crippen LogP) is 4.73. The standard InChI is InChI=1S/C21H12ClNO4/c22-15-7-4-13(5-8-15)20(24)26-16-9-6-14-11-17(18-3-1-2-10-23-18)21(25)27-19(14)12-16/h1-12H. The lowest BCUT2D eigenvalue weighted by Gasteiger charge is -2.06. The van der Waals surface area contributed by atoms with Gasteiger partial charge in [0.05, 0.1) is 16.8 Å². The molecular weight excluding hydrogens is 366 g/mol. The molecule has 0 N–H and O–H groups in total. The second-order valence-electron chi connectivity index (χ2n) is 5.76. The van der Waals surface area contributed by atoms with E-state index in [1.807, 2.05) is 0 Å². The number of pyridine rings is 1. The third kappa shape index (κ3) is 3.59. The van der Waals surface area contributed by atoms with E-state index in [4.69, 9.17) is 20.8 Å². The molecule has 4 aromatic rings. The van der Waals surface area contributed by atoms with Crippen molar-refractivity contribution in [2.24, 2.45) is 0 Å². The van der Waals surface area contributed by atoms with Crippen LogP contribution in [0, 0.1) is 0 Å². The number of aromatic nitrogens is 1. The first-order valence-electron chi connectivity index (χ1n) is 8.07. The Balaban J connectivity index is 1.66. The maximum atomic E-state index is 12.3. The van der Waals surface area contributed by atoms with Gasteiger partial charge in [-0.3, -0.25) is 4.98 Å². The summed E-state index contributed by atoms with van der Waals surface area (Å²) in [7, 11) is 0. The van der Waals surface area contributed by atoms with Crippen molar-refractivity contribution in [2.45, 2.75) is 0 Å². The molecule has 0 saturated carbocycles. The van der Waals surface area contributed by atoms with Crippen LogP contribution in [-0.2, 0) is 0 Å². The monoisotopic (exact) mass is 377 g/mol. The van der Waals surface area contributed by atoms with Crippen LogP contribution in [0.15, 0.2) is 82.1 Å². The number of carbonyl (C=O) groups is 1. The van der Waals surface area contributed by atoms with Crippen LogP contribution in [0.25, 0.3) is 22.2 Å². The van der Waals surface area contributed by atoms with Gasteiger partial charge in [0.25, 0.3) is 0 Å². The van der Waals surface area contributed by atoms with Gasteiger partial charge in [-0.1, -0.05) is 17.7 Å². The Morgan fingerprint density at radius 3 is 2.56 bits per heavy atom. The van der Waals surface area contributed by atoms with Crippen LogP contribution in [-0.4, -0.2) is 11.0 Å². The van der Waals surface area contributed by atoms with Crippen molar-refractivity contribution < 1.29 is 13.9 Å². The van der Waals surface area contributed by atoms with E-state index in [2.05, 4.69) is 4.98 Å². The van der Waals surface area contributed by atoms with Crippen molar-refractivity contribution in [3.8, 4) is 17.0 Å². The molecule has 0 atom stereocenters. The van der Waals surface area contributed by atoms with E-state index in [1.54, 1.807) is 66.9 Å². The lowest BCUT2D eigenvalue weighted by atomic mass is 10.1. The highest BCUT2D eigenvalue weighted by atomic mass is 35.5. The van der Waals surface area contributed by atoms with Crippen LogP contribution < -0.4 is 10.4 Å². The molecule has 2 heterocycles. The maximum Gasteiger partial charge on any atom is 0.345 e. The average Bonchev–Trinajstić information content (AvgIpc) is 2.68. The first kappa shape index (κ1) is 17.0. The third-order valence-corrected chi connectivity index (χ3v) is 4.19. The number of esters is 1. The maximum absolute atomic E-state index is 12.3. The molecule has 0 fully saturated rings. The van der Waals surface area contributed by atoms with Gasteiger partial charge in [0.2, 0.25) is 0 Å². The molecule has 6 heteroatoms. The Morgan fingerprint density at radius 1 is 1.00 bits per heavy atom. The van der Waals surface area contributed by atoms with Gasteiger partial charge in [0.15, 0.2) is 0 Å². The van der Waals surface area contributed by atoms with Gasteiger partial charge in [-0.05, 0) is 54.6 Å². The molecule has 27 heavy (non-hydrogen) atoms. The second-order valence-corrected chi connectivity index (χ2v) is 6.19. The molecule has 0 spiro atoms. The first-order valence-corrected chi connectivity index (χ1v) is 8.45. The number of hydrogen-bond acceptors (Lipinski definition) is 5. The van der Waals surface area contributed by atoms with Gasteiger partial charge in [0, 0.05) is 22.7 Å². The zero-order chi connectivity index (χ0) is 18.8. The van der Waals surface area contributed by atoms with Crippen LogP contribution in [0.2, 0.25) is 5.02 Å². The summed E-state index contributed by atoms with van der Waals surface area (Å²) in [5.74, 6) is -0.255. The van der Waals surface area contributed by atoms with Gasteiger partial charge in [-0.15, -0.1) is 0 Å². The predicted molar refractivity (Wildman–Crippen MR) is 102 cm³/mol. The van der Waals surface area contributed by atoms with E-state index in [9.17, 15) is 9.59 Å². The highest BCUT2D eigenvalue weighted by Crippen LogP contribution is 2.24. The molecule has 0 aliphatic heterocycles. The number of benzene rings is 2. The summed E-state index contributed by atoms with van der Waals surface area (Å²) in [5.41, 5.74) is 1.08. The fourth-order valence-electron chi connectivity index (χ4n) is 2.61. The lowest BCUT2D eigenvalue weighted by Crippen LogP contribution is -2.08. The van der Waals surface area contributed by atoms with E-state index in [-0.39, 0.29) is 5.75 Å². The zero-order valence-corrected chi connectivity index (χ0v) is 14.6. The summed E-state index contributed by atoms with van der Waals surface area (Å²) in [6.07, 6.45) is 1.61. The Bertz CT molecular complexity index is 1180. The number of nitrogens with zero attached hydrogens (tertiary/aromatic N) is 1. The number of hydrogen-bond donors (Lipinski definition) is 0. The molecule has 0 radical (unpaired) electrons. The number of ether oxygens (including phenoxy) is 1. The molecular formula is C21H12ClNO4. The first-order chi connectivity index (χ1) is 13.1. The van der Waals surface area contributed by atoms with E-state index < -0.39 is 11.6 Å². The third-order valence-electron chi connectivity index (χ3n) is 3.94. The minimum atomic E-state index is -0.529. The molecule has 0 aliphatic carbocycles. The largest absolute Gasteiger partial charge is 0.423 e. The summed E-state index contributed by atoms with van der Waals surface area (Å²) in [5, 5.41) is 1.23. The van der Waals surface area contributed by atoms with Crippen LogP contribution in [0.1, 0.15) is 10.4 Å². The van der Waals surface area contributed by atoms with Gasteiger partial charge in [-0.2, -0.15) is 0 Å². The van der Waals surface area contributed by atoms with Crippen molar-refractivity contribution in [1.82, 2.24) is 4.98 Å². The molecule has 2 aromatic carbocycles. The highest BCUT2D eigenvalue weighted by molar-refractivity contribution is 6.30. The summed E-state index contributed by atoms with van der Waals surface area (Å²) >= 11 is 5.82. The number of halogens is 1. The Morgan fingerprint density at radius 2 is 1.81 bits per heavy atom. The van der Waals surface area contributed by atoms with Crippen LogP contribution in [0.5, 0.6) is 5.75 Å². The average molecular weight is 378 g/mol. The lowest BCUT2D eigenvalue weighted by molar-refractivity contribution is 0.0735. The quantitative estimate of drug-likeness (QED) is 0.293. The zero-order valence-electron chi connectivity index (χ0n) is 13.9. The molecule has 0 bridgehead atoms. The van der Waals surface area contributed by atoms with Crippen molar-refractivity contribution in [3.05, 3.63) is 93.9 Å². The normalized spacial score (nSPS) is 10.7. The van der Waals surface area contributed by atoms with Gasteiger partial charge < -0.3 is 9.15 Å². The second kappa shape index (κ2) is 7.05. The number of fused-ring (bicyclic) bond motifs is 1. The number of rotatable bonds is 3. The fraction of sp³-hybridized carbons (Fsp3) is 0. The molecule has 0 aliphatic rings. The molecule has 132 valence electrons. The SMILES string of the molecule is O=C(Oc1ccc2cc(-c3ccccn3)c(=O)oc2c1)c1ccc(Cl)cc1. The molecule has 0 amide bonds. The van der Waals surface area contributed by atoms with E-state index in [0.717, 1.165) is 0 Å². The minimum Gasteiger partial charge on any atom is -0.423 e. The summed E-state index contributed by atoms with van der Waals surface area (Å²) in [6.45, 7) is 0. The fourth-order valence-corrected chi connectivity index (χ4v) is 2.73. The molecule has 0 unspecified atom stereocenters. The summed E-state index contributed by atoms with van der Waals surface area (Å²) in [4.78, 5) is 28.7. The topological polar surface area (TPSA) is 69.4 Å². The minimum absolute atomic E-state index is 0.274. The van der Waals surface area contributed by atoms with Gasteiger partial charge >= 0.3 is 11.6 Å². The van der Waals surface area contributed by atoms with Gasteiger partial charge in [-0.25, -0.2) is 9.59 Å². The molecule has 2 aromatic heterocycles. The van der Waals surface area contributed by atoms with E-state index in [1.165, 1.54) is 6.07 Å². The van der Waals surface area contributed by atoms with Crippen LogP contribution in [0.4, 0.5) is 0 Å². The Hall–Kier alpha value is -3.44. The summed E-state index contributed by atoms with van der Waals surface area (Å²) in [6, 6.07) is 18.2. The van der Waals surface area contributed by atoms with Crippen LogP contribution >= 0.6 is 11.6 Å². The molecule has 0 saturated heterocycles. The van der Waals surface area contributed by atoms with E-state index in [0.29, 0.717) is 32.8 Å². The Kier molecular flexibility index (Phi) is 4.44. The molecule has 4 rings (SSSR count).